The average Bonchev–Trinajstić information content (AvgIpc) is 2.42. The average molecular weight is 268 g/mol. The first-order valence-corrected chi connectivity index (χ1v) is 7.79. The van der Waals surface area contributed by atoms with Gasteiger partial charge in [0.15, 0.2) is 0 Å². The monoisotopic (exact) mass is 268 g/mol. The summed E-state index contributed by atoms with van der Waals surface area (Å²) in [5.74, 6) is 2.19. The van der Waals surface area contributed by atoms with Crippen LogP contribution in [0.15, 0.2) is 18.2 Å². The first-order valence-electron chi connectivity index (χ1n) is 6.63. The molecule has 2 rings (SSSR count). The zero-order valence-corrected chi connectivity index (χ0v) is 11.7. The van der Waals surface area contributed by atoms with Crippen LogP contribution in [0.2, 0.25) is 0 Å². The molecule has 1 aromatic rings. The Morgan fingerprint density at radius 2 is 2.11 bits per heavy atom. The van der Waals surface area contributed by atoms with Crippen molar-refractivity contribution in [3.63, 3.8) is 0 Å². The van der Waals surface area contributed by atoms with Crippen LogP contribution in [0, 0.1) is 5.82 Å². The zero-order valence-electron chi connectivity index (χ0n) is 10.9. The van der Waals surface area contributed by atoms with Crippen LogP contribution in [0.4, 0.5) is 10.1 Å². The molecular weight excluding hydrogens is 247 g/mol. The molecule has 0 amide bonds. The summed E-state index contributed by atoms with van der Waals surface area (Å²) in [5.41, 5.74) is 1.89. The Morgan fingerprint density at radius 1 is 1.33 bits per heavy atom. The molecule has 1 saturated heterocycles. The third kappa shape index (κ3) is 3.39. The number of rotatable bonds is 5. The van der Waals surface area contributed by atoms with E-state index in [1.807, 2.05) is 23.9 Å². The highest BCUT2D eigenvalue weighted by Gasteiger charge is 2.16. The van der Waals surface area contributed by atoms with Crippen molar-refractivity contribution in [2.75, 3.05) is 36.0 Å². The Bertz CT molecular complexity index is 378. The maximum absolute atomic E-state index is 14.0. The van der Waals surface area contributed by atoms with Crippen LogP contribution in [-0.4, -0.2) is 31.1 Å². The fourth-order valence-electron chi connectivity index (χ4n) is 2.21. The van der Waals surface area contributed by atoms with Crippen LogP contribution in [0.3, 0.4) is 0 Å². The van der Waals surface area contributed by atoms with Gasteiger partial charge in [0.1, 0.15) is 5.82 Å². The number of nitrogens with one attached hydrogen (secondary N) is 1. The van der Waals surface area contributed by atoms with Crippen molar-refractivity contribution >= 4 is 17.4 Å². The summed E-state index contributed by atoms with van der Waals surface area (Å²) in [6, 6.07) is 5.42. The predicted molar refractivity (Wildman–Crippen MR) is 77.9 cm³/mol. The van der Waals surface area contributed by atoms with E-state index in [9.17, 15) is 4.39 Å². The lowest BCUT2D eigenvalue weighted by Gasteiger charge is -2.30. The molecule has 1 aliphatic heterocycles. The molecule has 1 heterocycles. The van der Waals surface area contributed by atoms with E-state index in [0.717, 1.165) is 48.8 Å². The highest BCUT2D eigenvalue weighted by molar-refractivity contribution is 7.99. The highest BCUT2D eigenvalue weighted by Crippen LogP contribution is 2.25. The molecule has 1 fully saturated rings. The van der Waals surface area contributed by atoms with Gasteiger partial charge in [0.05, 0.1) is 0 Å². The van der Waals surface area contributed by atoms with E-state index >= 15 is 0 Å². The Hall–Kier alpha value is -0.740. The summed E-state index contributed by atoms with van der Waals surface area (Å²) in [5, 5.41) is 3.30. The van der Waals surface area contributed by atoms with E-state index in [-0.39, 0.29) is 5.82 Å². The number of anilines is 1. The van der Waals surface area contributed by atoms with E-state index in [2.05, 4.69) is 17.1 Å². The fourth-order valence-corrected chi connectivity index (χ4v) is 3.12. The zero-order chi connectivity index (χ0) is 12.8. The Labute approximate surface area is 113 Å². The minimum atomic E-state index is -0.0886. The maximum Gasteiger partial charge on any atom is 0.129 e. The molecule has 0 saturated carbocycles. The number of hydrogen-bond acceptors (Lipinski definition) is 3. The molecule has 4 heteroatoms. The van der Waals surface area contributed by atoms with Gasteiger partial charge < -0.3 is 10.2 Å². The van der Waals surface area contributed by atoms with Gasteiger partial charge in [-0.2, -0.15) is 11.8 Å². The van der Waals surface area contributed by atoms with Gasteiger partial charge in [0, 0.05) is 42.4 Å². The summed E-state index contributed by atoms with van der Waals surface area (Å²) in [6.07, 6.45) is 1.07. The van der Waals surface area contributed by atoms with Crippen molar-refractivity contribution < 1.29 is 4.39 Å². The van der Waals surface area contributed by atoms with Gasteiger partial charge in [-0.15, -0.1) is 0 Å². The molecule has 18 heavy (non-hydrogen) atoms. The molecule has 0 spiro atoms. The lowest BCUT2D eigenvalue weighted by atomic mass is 10.1. The summed E-state index contributed by atoms with van der Waals surface area (Å²) < 4.78 is 14.0. The Balaban J connectivity index is 2.14. The number of hydrogen-bond donors (Lipinski definition) is 1. The summed E-state index contributed by atoms with van der Waals surface area (Å²) in [6.45, 7) is 5.73. The van der Waals surface area contributed by atoms with E-state index < -0.39 is 0 Å². The number of halogens is 1. The van der Waals surface area contributed by atoms with Crippen molar-refractivity contribution in [2.24, 2.45) is 0 Å². The van der Waals surface area contributed by atoms with Crippen LogP contribution in [0.25, 0.3) is 0 Å². The molecule has 1 N–H and O–H groups in total. The molecule has 0 atom stereocenters. The molecule has 0 aliphatic carbocycles. The first kappa shape index (κ1) is 13.7. The molecular formula is C14H21FN2S. The molecule has 0 aromatic heterocycles. The van der Waals surface area contributed by atoms with Crippen molar-refractivity contribution in [1.29, 1.82) is 0 Å². The van der Waals surface area contributed by atoms with E-state index in [0.29, 0.717) is 6.54 Å². The maximum atomic E-state index is 14.0. The third-order valence-electron chi connectivity index (χ3n) is 3.17. The molecule has 2 nitrogen and oxygen atoms in total. The fraction of sp³-hybridized carbons (Fsp3) is 0.571. The lowest BCUT2D eigenvalue weighted by molar-refractivity contribution is 0.585. The molecule has 0 bridgehead atoms. The van der Waals surface area contributed by atoms with E-state index in [1.165, 1.54) is 0 Å². The second kappa shape index (κ2) is 7.00. The minimum absolute atomic E-state index is 0.0886. The second-order valence-corrected chi connectivity index (χ2v) is 5.74. The number of thioether (sulfide) groups is 1. The standard InChI is InChI=1S/C14H21FN2S/c1-2-6-16-11-12-13(15)4-3-5-14(12)17-7-9-18-10-8-17/h3-5,16H,2,6-11H2,1H3. The predicted octanol–water partition coefficient (Wildman–Crippen LogP) is 2.88. The van der Waals surface area contributed by atoms with Crippen LogP contribution in [-0.2, 0) is 6.54 Å². The smallest absolute Gasteiger partial charge is 0.129 e. The van der Waals surface area contributed by atoms with Crippen LogP contribution in [0.5, 0.6) is 0 Å². The molecule has 0 radical (unpaired) electrons. The quantitative estimate of drug-likeness (QED) is 0.827. The molecule has 1 aromatic carbocycles. The number of nitrogens with zero attached hydrogens (tertiary/aromatic N) is 1. The molecule has 0 unspecified atom stereocenters. The van der Waals surface area contributed by atoms with Crippen molar-refractivity contribution in [3.05, 3.63) is 29.6 Å². The Morgan fingerprint density at radius 3 is 2.83 bits per heavy atom. The summed E-state index contributed by atoms with van der Waals surface area (Å²) in [7, 11) is 0. The normalized spacial score (nSPS) is 16.0. The van der Waals surface area contributed by atoms with Crippen molar-refractivity contribution in [3.8, 4) is 0 Å². The summed E-state index contributed by atoms with van der Waals surface area (Å²) >= 11 is 1.97. The number of benzene rings is 1. The summed E-state index contributed by atoms with van der Waals surface area (Å²) in [4.78, 5) is 2.31. The topological polar surface area (TPSA) is 15.3 Å². The van der Waals surface area contributed by atoms with Gasteiger partial charge in [0.25, 0.3) is 0 Å². The lowest BCUT2D eigenvalue weighted by Crippen LogP contribution is -2.33. The Kier molecular flexibility index (Phi) is 5.32. The van der Waals surface area contributed by atoms with Crippen LogP contribution in [0.1, 0.15) is 18.9 Å². The molecule has 100 valence electrons. The minimum Gasteiger partial charge on any atom is -0.370 e. The third-order valence-corrected chi connectivity index (χ3v) is 4.12. The van der Waals surface area contributed by atoms with E-state index in [4.69, 9.17) is 0 Å². The van der Waals surface area contributed by atoms with Gasteiger partial charge in [-0.05, 0) is 25.1 Å². The van der Waals surface area contributed by atoms with Gasteiger partial charge in [0.2, 0.25) is 0 Å². The van der Waals surface area contributed by atoms with Gasteiger partial charge in [-0.25, -0.2) is 4.39 Å². The van der Waals surface area contributed by atoms with Gasteiger partial charge in [-0.3, -0.25) is 0 Å². The second-order valence-electron chi connectivity index (χ2n) is 4.51. The van der Waals surface area contributed by atoms with E-state index in [1.54, 1.807) is 6.07 Å². The van der Waals surface area contributed by atoms with Crippen LogP contribution >= 0.6 is 11.8 Å². The van der Waals surface area contributed by atoms with Gasteiger partial charge >= 0.3 is 0 Å². The van der Waals surface area contributed by atoms with Gasteiger partial charge in [-0.1, -0.05) is 13.0 Å². The van der Waals surface area contributed by atoms with Crippen molar-refractivity contribution in [2.45, 2.75) is 19.9 Å². The first-order chi connectivity index (χ1) is 8.83. The molecule has 1 aliphatic rings. The SMILES string of the molecule is CCCNCc1c(F)cccc1N1CCSCC1. The highest BCUT2D eigenvalue weighted by atomic mass is 32.2. The largest absolute Gasteiger partial charge is 0.370 e. The van der Waals surface area contributed by atoms with Crippen LogP contribution < -0.4 is 10.2 Å². The van der Waals surface area contributed by atoms with Crippen molar-refractivity contribution in [1.82, 2.24) is 5.32 Å².